The fraction of sp³-hybridized carbons (Fsp3) is 0.471. The Morgan fingerprint density at radius 3 is 2.74 bits per heavy atom. The topological polar surface area (TPSA) is 45.5 Å². The van der Waals surface area contributed by atoms with Crippen molar-refractivity contribution in [3.63, 3.8) is 0 Å². The summed E-state index contributed by atoms with van der Waals surface area (Å²) in [5.74, 6) is 0.777. The van der Waals surface area contributed by atoms with Crippen molar-refractivity contribution in [1.82, 2.24) is 9.78 Å². The van der Waals surface area contributed by atoms with Crippen LogP contribution in [0.1, 0.15) is 38.3 Å². The van der Waals surface area contributed by atoms with Crippen molar-refractivity contribution in [2.24, 2.45) is 0 Å². The van der Waals surface area contributed by atoms with Crippen LogP contribution >= 0.6 is 0 Å². The number of nitrogens with zero attached hydrogens (tertiary/aromatic N) is 2. The van der Waals surface area contributed by atoms with E-state index in [1.54, 1.807) is 0 Å². The lowest BCUT2D eigenvalue weighted by atomic mass is 9.81. The first kappa shape index (κ1) is 14.8. The van der Waals surface area contributed by atoms with Crippen LogP contribution in [-0.4, -0.2) is 29.1 Å². The summed E-state index contributed by atoms with van der Waals surface area (Å²) in [5, 5.41) is 4.51. The SMILES string of the molecule is CC1(C)COB(c2cnn(C3CC3)c2OCc2ccccc2)O1. The summed E-state index contributed by atoms with van der Waals surface area (Å²) in [7, 11) is -0.400. The summed E-state index contributed by atoms with van der Waals surface area (Å²) in [5.41, 5.74) is 1.75. The Labute approximate surface area is 136 Å². The van der Waals surface area contributed by atoms with Gasteiger partial charge in [0.1, 0.15) is 6.61 Å². The molecule has 0 atom stereocenters. The largest absolute Gasteiger partial charge is 0.501 e. The molecule has 2 heterocycles. The molecule has 23 heavy (non-hydrogen) atoms. The lowest BCUT2D eigenvalue weighted by Gasteiger charge is -2.16. The molecule has 5 nitrogen and oxygen atoms in total. The predicted molar refractivity (Wildman–Crippen MR) is 87.8 cm³/mol. The molecule has 0 amide bonds. The maximum Gasteiger partial charge on any atom is 0.501 e. The number of hydrogen-bond donors (Lipinski definition) is 0. The molecule has 0 radical (unpaired) electrons. The number of ether oxygens (including phenoxy) is 1. The lowest BCUT2D eigenvalue weighted by Crippen LogP contribution is -2.35. The standard InChI is InChI=1S/C17H21BN2O3/c1-17(2)12-22-18(23-17)15-10-19-20(14-8-9-14)16(15)21-11-13-6-4-3-5-7-13/h3-7,10,14H,8-9,11-12H2,1-2H3. The minimum atomic E-state index is -0.400. The van der Waals surface area contributed by atoms with E-state index in [4.69, 9.17) is 14.0 Å². The van der Waals surface area contributed by atoms with Gasteiger partial charge in [0.2, 0.25) is 5.88 Å². The quantitative estimate of drug-likeness (QED) is 0.795. The van der Waals surface area contributed by atoms with Crippen LogP contribution in [0.4, 0.5) is 0 Å². The molecule has 0 spiro atoms. The first-order valence-corrected chi connectivity index (χ1v) is 8.16. The first-order valence-electron chi connectivity index (χ1n) is 8.16. The minimum Gasteiger partial charge on any atom is -0.473 e. The number of aromatic nitrogens is 2. The molecule has 1 aliphatic carbocycles. The Balaban J connectivity index is 1.57. The summed E-state index contributed by atoms with van der Waals surface area (Å²) in [4.78, 5) is 0. The van der Waals surface area contributed by atoms with Crippen molar-refractivity contribution in [3.05, 3.63) is 42.1 Å². The van der Waals surface area contributed by atoms with Crippen LogP contribution in [0.15, 0.2) is 36.5 Å². The molecule has 120 valence electrons. The maximum atomic E-state index is 6.12. The number of hydrogen-bond acceptors (Lipinski definition) is 4. The van der Waals surface area contributed by atoms with E-state index in [0.29, 0.717) is 19.3 Å². The van der Waals surface area contributed by atoms with Gasteiger partial charge in [0.25, 0.3) is 0 Å². The van der Waals surface area contributed by atoms with Gasteiger partial charge in [-0.15, -0.1) is 0 Å². The van der Waals surface area contributed by atoms with E-state index >= 15 is 0 Å². The minimum absolute atomic E-state index is 0.275. The van der Waals surface area contributed by atoms with Gasteiger partial charge < -0.3 is 14.0 Å². The lowest BCUT2D eigenvalue weighted by molar-refractivity contribution is 0.137. The molecule has 0 bridgehead atoms. The molecule has 6 heteroatoms. The molecule has 1 aromatic carbocycles. The van der Waals surface area contributed by atoms with Crippen molar-refractivity contribution in [2.45, 2.75) is 44.9 Å². The van der Waals surface area contributed by atoms with Crippen molar-refractivity contribution in [2.75, 3.05) is 6.61 Å². The van der Waals surface area contributed by atoms with E-state index in [9.17, 15) is 0 Å². The summed E-state index contributed by atoms with van der Waals surface area (Å²) in [6.07, 6.45) is 4.13. The predicted octanol–water partition coefficient (Wildman–Crippen LogP) is 2.32. The molecule has 1 saturated carbocycles. The third-order valence-corrected chi connectivity index (χ3v) is 4.15. The fourth-order valence-corrected chi connectivity index (χ4v) is 2.77. The summed E-state index contributed by atoms with van der Waals surface area (Å²) >= 11 is 0. The second-order valence-corrected chi connectivity index (χ2v) is 6.88. The zero-order valence-corrected chi connectivity index (χ0v) is 13.6. The highest BCUT2D eigenvalue weighted by atomic mass is 16.7. The summed E-state index contributed by atoms with van der Waals surface area (Å²) in [6.45, 7) is 5.15. The molecule has 2 aliphatic rings. The van der Waals surface area contributed by atoms with Gasteiger partial charge >= 0.3 is 7.12 Å². The van der Waals surface area contributed by atoms with Gasteiger partial charge in [0, 0.05) is 0 Å². The molecular formula is C17H21BN2O3. The van der Waals surface area contributed by atoms with Gasteiger partial charge in [-0.25, -0.2) is 4.68 Å². The third-order valence-electron chi connectivity index (χ3n) is 4.15. The molecule has 0 N–H and O–H groups in total. The molecule has 4 rings (SSSR count). The Morgan fingerprint density at radius 1 is 1.30 bits per heavy atom. The van der Waals surface area contributed by atoms with Gasteiger partial charge in [-0.3, -0.25) is 0 Å². The normalized spacial score (nSPS) is 20.0. The average Bonchev–Trinajstić information content (AvgIpc) is 3.20. The highest BCUT2D eigenvalue weighted by Gasteiger charge is 2.42. The van der Waals surface area contributed by atoms with Gasteiger partial charge in [-0.1, -0.05) is 30.3 Å². The van der Waals surface area contributed by atoms with Gasteiger partial charge in [-0.2, -0.15) is 5.10 Å². The molecule has 0 unspecified atom stereocenters. The maximum absolute atomic E-state index is 6.12. The smallest absolute Gasteiger partial charge is 0.473 e. The van der Waals surface area contributed by atoms with E-state index in [0.717, 1.165) is 29.7 Å². The molecule has 1 aromatic heterocycles. The van der Waals surface area contributed by atoms with Crippen LogP contribution in [0.2, 0.25) is 0 Å². The van der Waals surface area contributed by atoms with Crippen LogP contribution in [0.25, 0.3) is 0 Å². The second kappa shape index (κ2) is 5.69. The van der Waals surface area contributed by atoms with Crippen molar-refractivity contribution in [1.29, 1.82) is 0 Å². The van der Waals surface area contributed by atoms with Gasteiger partial charge in [0.15, 0.2) is 0 Å². The first-order chi connectivity index (χ1) is 11.1. The Morgan fingerprint density at radius 2 is 2.09 bits per heavy atom. The monoisotopic (exact) mass is 312 g/mol. The molecule has 1 saturated heterocycles. The van der Waals surface area contributed by atoms with E-state index in [2.05, 4.69) is 17.2 Å². The van der Waals surface area contributed by atoms with Crippen molar-refractivity contribution < 1.29 is 14.0 Å². The highest BCUT2D eigenvalue weighted by Crippen LogP contribution is 2.37. The van der Waals surface area contributed by atoms with E-state index in [1.165, 1.54) is 0 Å². The zero-order chi connectivity index (χ0) is 15.9. The molecule has 2 aromatic rings. The van der Waals surface area contributed by atoms with Gasteiger partial charge in [-0.05, 0) is 32.3 Å². The van der Waals surface area contributed by atoms with Crippen LogP contribution in [0.3, 0.4) is 0 Å². The van der Waals surface area contributed by atoms with E-state index in [1.807, 2.05) is 42.9 Å². The fourth-order valence-electron chi connectivity index (χ4n) is 2.77. The van der Waals surface area contributed by atoms with Crippen molar-refractivity contribution >= 4 is 12.6 Å². The van der Waals surface area contributed by atoms with Crippen LogP contribution in [-0.2, 0) is 15.9 Å². The van der Waals surface area contributed by atoms with E-state index < -0.39 is 7.12 Å². The molecule has 2 fully saturated rings. The third kappa shape index (κ3) is 3.14. The Kier molecular flexibility index (Phi) is 3.66. The highest BCUT2D eigenvalue weighted by molar-refractivity contribution is 6.62. The Hall–Kier alpha value is -1.79. The summed E-state index contributed by atoms with van der Waals surface area (Å²) < 4.78 is 19.9. The van der Waals surface area contributed by atoms with Crippen LogP contribution < -0.4 is 10.2 Å². The average molecular weight is 312 g/mol. The summed E-state index contributed by atoms with van der Waals surface area (Å²) in [6, 6.07) is 10.6. The van der Waals surface area contributed by atoms with Crippen LogP contribution in [0.5, 0.6) is 5.88 Å². The van der Waals surface area contributed by atoms with Crippen molar-refractivity contribution in [3.8, 4) is 5.88 Å². The van der Waals surface area contributed by atoms with Gasteiger partial charge in [0.05, 0.1) is 29.9 Å². The number of rotatable bonds is 5. The molecular weight excluding hydrogens is 291 g/mol. The van der Waals surface area contributed by atoms with E-state index in [-0.39, 0.29) is 5.60 Å². The Bertz CT molecular complexity index is 682. The number of benzene rings is 1. The van der Waals surface area contributed by atoms with Crippen LogP contribution in [0, 0.1) is 0 Å². The second-order valence-electron chi connectivity index (χ2n) is 6.88. The molecule has 1 aliphatic heterocycles. The zero-order valence-electron chi connectivity index (χ0n) is 13.6.